The molecule has 0 amide bonds. The van der Waals surface area contributed by atoms with Gasteiger partial charge < -0.3 is 9.97 Å². The Balaban J connectivity index is 0.000000188. The van der Waals surface area contributed by atoms with Gasteiger partial charge in [-0.3, -0.25) is 0 Å². The van der Waals surface area contributed by atoms with Crippen LogP contribution in [0.1, 0.15) is 77.6 Å². The molecule has 2 nitrogen and oxygen atoms in total. The summed E-state index contributed by atoms with van der Waals surface area (Å²) < 4.78 is 0. The molecule has 1 radical (unpaired) electrons. The van der Waals surface area contributed by atoms with E-state index in [-0.39, 0.29) is 36.4 Å². The van der Waals surface area contributed by atoms with E-state index < -0.39 is 0 Å². The van der Waals surface area contributed by atoms with Gasteiger partial charge in [0.2, 0.25) is 0 Å². The Morgan fingerprint density at radius 3 is 2.02 bits per heavy atom. The largest absolute Gasteiger partial charge is 0.304 e. The van der Waals surface area contributed by atoms with Crippen LogP contribution in [-0.2, 0) is 36.4 Å². The van der Waals surface area contributed by atoms with Crippen molar-refractivity contribution in [2.45, 2.75) is 71.6 Å². The van der Waals surface area contributed by atoms with Gasteiger partial charge in [-0.25, -0.2) is 0 Å². The predicted octanol–water partition coefficient (Wildman–Crippen LogP) is 12.9. The quantitative estimate of drug-likeness (QED) is 0.165. The zero-order valence-electron chi connectivity index (χ0n) is 30.7. The van der Waals surface area contributed by atoms with Gasteiger partial charge in [0.05, 0.1) is 0 Å². The SMILES string of the molecule is CC(C)(C)c1c[c-]c(-c2ccc(C(C)(C)C)cn2)cc1.CC1(C)c2cc3ccccc3cc2-c2ccnc(-c3[c-]ccc(-c4cccs4)c3)c21.[Ir]. The molecule has 1 aliphatic rings. The molecule has 0 bridgehead atoms. The number of pyridine rings is 2. The molecule has 4 aromatic carbocycles. The van der Waals surface area contributed by atoms with Gasteiger partial charge in [-0.2, -0.15) is 0 Å². The maximum atomic E-state index is 4.86. The van der Waals surface area contributed by atoms with E-state index in [1.54, 1.807) is 11.3 Å². The van der Waals surface area contributed by atoms with Crippen molar-refractivity contribution in [1.82, 2.24) is 9.97 Å². The molecule has 0 N–H and O–H groups in total. The first kappa shape index (κ1) is 36.6. The van der Waals surface area contributed by atoms with Crippen LogP contribution < -0.4 is 0 Å². The third-order valence-electron chi connectivity index (χ3n) is 9.87. The number of thiophene rings is 1. The molecule has 4 heteroatoms. The fraction of sp³-hybridized carbons (Fsp3) is 0.234. The van der Waals surface area contributed by atoms with Crippen molar-refractivity contribution in [3.05, 3.63) is 155 Å². The molecule has 1 aliphatic carbocycles. The minimum atomic E-state index is -0.120. The van der Waals surface area contributed by atoms with Gasteiger partial charge >= 0.3 is 0 Å². The average Bonchev–Trinajstić information content (AvgIpc) is 3.73. The fourth-order valence-electron chi connectivity index (χ4n) is 6.88. The molecule has 0 spiro atoms. The molecule has 0 saturated carbocycles. The Kier molecular flexibility index (Phi) is 10.1. The van der Waals surface area contributed by atoms with Gasteiger partial charge in [0, 0.05) is 42.8 Å². The summed E-state index contributed by atoms with van der Waals surface area (Å²) in [4.78, 5) is 10.7. The summed E-state index contributed by atoms with van der Waals surface area (Å²) in [6.45, 7) is 17.9. The van der Waals surface area contributed by atoms with Gasteiger partial charge in [-0.1, -0.05) is 103 Å². The van der Waals surface area contributed by atoms with Crippen LogP contribution in [0.25, 0.3) is 54.9 Å². The first-order valence-corrected chi connectivity index (χ1v) is 18.3. The number of fused-ring (bicyclic) bond motifs is 4. The smallest absolute Gasteiger partial charge is 0.0198 e. The standard InChI is InChI=1S/C28H20NS.C19H24N.Ir/c1-28(2)24-17-19-8-4-3-7-18(19)16-23(24)22-12-13-29-27(26(22)28)21-10-5-9-20(15-21)25-11-6-14-30-25;1-18(2,3)15-9-7-14(8-10-15)17-12-11-16(13-20-17)19(4,5)6;/h3-9,11-17H,1-2H3;7,9-13H,1-6H3;/q2*-1;. The summed E-state index contributed by atoms with van der Waals surface area (Å²) in [5.41, 5.74) is 13.4. The molecule has 3 heterocycles. The van der Waals surface area contributed by atoms with Crippen molar-refractivity contribution >= 4 is 22.1 Å². The zero-order valence-corrected chi connectivity index (χ0v) is 33.9. The van der Waals surface area contributed by atoms with Crippen LogP contribution >= 0.6 is 11.3 Å². The molecule has 51 heavy (non-hydrogen) atoms. The second-order valence-electron chi connectivity index (χ2n) is 15.8. The molecule has 0 atom stereocenters. The van der Waals surface area contributed by atoms with Gasteiger partial charge in [-0.05, 0) is 90.5 Å². The molecule has 8 rings (SSSR count). The van der Waals surface area contributed by atoms with Crippen LogP contribution in [0, 0.1) is 12.1 Å². The molecule has 259 valence electrons. The predicted molar refractivity (Wildman–Crippen MR) is 213 cm³/mol. The Morgan fingerprint density at radius 2 is 1.39 bits per heavy atom. The molecule has 7 aromatic rings. The van der Waals surface area contributed by atoms with Crippen molar-refractivity contribution in [3.8, 4) is 44.1 Å². The summed E-state index contributed by atoms with van der Waals surface area (Å²) in [7, 11) is 0. The first-order valence-electron chi connectivity index (χ1n) is 17.4. The van der Waals surface area contributed by atoms with Crippen molar-refractivity contribution < 1.29 is 20.1 Å². The van der Waals surface area contributed by atoms with E-state index in [9.17, 15) is 0 Å². The topological polar surface area (TPSA) is 25.8 Å². The van der Waals surface area contributed by atoms with E-state index in [2.05, 4.69) is 175 Å². The van der Waals surface area contributed by atoms with E-state index in [0.717, 1.165) is 22.5 Å². The normalized spacial score (nSPS) is 13.1. The first-order chi connectivity index (χ1) is 23.8. The van der Waals surface area contributed by atoms with Crippen molar-refractivity contribution in [2.75, 3.05) is 0 Å². The van der Waals surface area contributed by atoms with E-state index in [0.29, 0.717) is 0 Å². The minimum absolute atomic E-state index is 0. The maximum absolute atomic E-state index is 4.86. The summed E-state index contributed by atoms with van der Waals surface area (Å²) in [6, 6.07) is 43.6. The summed E-state index contributed by atoms with van der Waals surface area (Å²) >= 11 is 1.76. The number of benzene rings is 4. The fourth-order valence-corrected chi connectivity index (χ4v) is 7.61. The van der Waals surface area contributed by atoms with E-state index in [1.165, 1.54) is 54.6 Å². The van der Waals surface area contributed by atoms with Crippen molar-refractivity contribution in [1.29, 1.82) is 0 Å². The van der Waals surface area contributed by atoms with Crippen molar-refractivity contribution in [2.24, 2.45) is 0 Å². The molecular formula is C47H44IrN2S-2. The second kappa shape index (κ2) is 14.1. The van der Waals surface area contributed by atoms with Crippen LogP contribution in [0.15, 0.2) is 121 Å². The Hall–Kier alpha value is -4.21. The number of hydrogen-bond acceptors (Lipinski definition) is 3. The molecule has 0 aliphatic heterocycles. The van der Waals surface area contributed by atoms with E-state index in [4.69, 9.17) is 4.98 Å². The van der Waals surface area contributed by atoms with Gasteiger partial charge in [0.1, 0.15) is 0 Å². The number of nitrogens with zero attached hydrogens (tertiary/aromatic N) is 2. The second-order valence-corrected chi connectivity index (χ2v) is 16.8. The molecule has 0 unspecified atom stereocenters. The molecule has 0 saturated heterocycles. The van der Waals surface area contributed by atoms with Crippen LogP contribution in [0.3, 0.4) is 0 Å². The van der Waals surface area contributed by atoms with Crippen LogP contribution in [-0.4, -0.2) is 9.97 Å². The van der Waals surface area contributed by atoms with E-state index >= 15 is 0 Å². The van der Waals surface area contributed by atoms with Crippen LogP contribution in [0.2, 0.25) is 0 Å². The number of rotatable bonds is 3. The van der Waals surface area contributed by atoms with Crippen molar-refractivity contribution in [3.63, 3.8) is 0 Å². The number of aromatic nitrogens is 2. The average molecular weight is 861 g/mol. The summed E-state index contributed by atoms with van der Waals surface area (Å²) in [5, 5.41) is 4.69. The van der Waals surface area contributed by atoms with Gasteiger partial charge in [0.25, 0.3) is 0 Å². The van der Waals surface area contributed by atoms with Gasteiger partial charge in [-0.15, -0.1) is 76.6 Å². The Labute approximate surface area is 321 Å². The summed E-state index contributed by atoms with van der Waals surface area (Å²) in [5.74, 6) is 0. The zero-order chi connectivity index (χ0) is 35.3. The maximum Gasteiger partial charge on any atom is 0.0198 e. The Morgan fingerprint density at radius 1 is 0.667 bits per heavy atom. The molecule has 0 fully saturated rings. The van der Waals surface area contributed by atoms with Gasteiger partial charge in [0.15, 0.2) is 0 Å². The van der Waals surface area contributed by atoms with Crippen LogP contribution in [0.5, 0.6) is 0 Å². The molecular weight excluding hydrogens is 817 g/mol. The summed E-state index contributed by atoms with van der Waals surface area (Å²) in [6.07, 6.45) is 3.92. The molecule has 3 aromatic heterocycles. The monoisotopic (exact) mass is 861 g/mol. The number of hydrogen-bond donors (Lipinski definition) is 0. The third kappa shape index (κ3) is 7.28. The van der Waals surface area contributed by atoms with Crippen LogP contribution in [0.4, 0.5) is 0 Å². The third-order valence-corrected chi connectivity index (χ3v) is 10.8. The minimum Gasteiger partial charge on any atom is -0.304 e. The van der Waals surface area contributed by atoms with E-state index in [1.807, 2.05) is 18.5 Å². The Bertz CT molecular complexity index is 2230.